The molecule has 0 bridgehead atoms. The fourth-order valence-corrected chi connectivity index (χ4v) is 1.43. The minimum absolute atomic E-state index is 0.140. The van der Waals surface area contributed by atoms with Gasteiger partial charge in [0, 0.05) is 19.0 Å². The number of hydrogen-bond acceptors (Lipinski definition) is 2. The molecule has 0 saturated carbocycles. The number of hydrogen-bond donors (Lipinski definition) is 2. The fourth-order valence-electron chi connectivity index (χ4n) is 1.43. The van der Waals surface area contributed by atoms with E-state index in [1.165, 1.54) is 4.90 Å². The van der Waals surface area contributed by atoms with E-state index in [0.29, 0.717) is 13.1 Å². The molecule has 70 valence electrons. The van der Waals surface area contributed by atoms with Crippen molar-refractivity contribution in [2.24, 2.45) is 11.8 Å². The van der Waals surface area contributed by atoms with Crippen molar-refractivity contribution in [3.05, 3.63) is 0 Å². The Hall–Kier alpha value is -0.770. The predicted molar refractivity (Wildman–Crippen MR) is 43.9 cm³/mol. The molecule has 1 unspecified atom stereocenters. The van der Waals surface area contributed by atoms with Crippen LogP contribution in [0.1, 0.15) is 13.8 Å². The van der Waals surface area contributed by atoms with Gasteiger partial charge in [0.05, 0.1) is 6.10 Å². The SMILES string of the molecule is CC(C)C(O)C1CN(C(=O)O)C1. The number of likely N-dealkylation sites (tertiary alicyclic amines) is 1. The third kappa shape index (κ3) is 1.69. The van der Waals surface area contributed by atoms with E-state index in [0.717, 1.165) is 0 Å². The Morgan fingerprint density at radius 1 is 1.50 bits per heavy atom. The molecular weight excluding hydrogens is 158 g/mol. The average molecular weight is 173 g/mol. The van der Waals surface area contributed by atoms with Gasteiger partial charge in [-0.2, -0.15) is 0 Å². The van der Waals surface area contributed by atoms with E-state index in [1.54, 1.807) is 0 Å². The monoisotopic (exact) mass is 173 g/mol. The van der Waals surface area contributed by atoms with E-state index >= 15 is 0 Å². The molecule has 1 saturated heterocycles. The molecule has 1 amide bonds. The molecule has 0 radical (unpaired) electrons. The Bertz CT molecular complexity index is 175. The molecule has 1 fully saturated rings. The number of amides is 1. The predicted octanol–water partition coefficient (Wildman–Crippen LogP) is 0.613. The van der Waals surface area contributed by atoms with Crippen LogP contribution < -0.4 is 0 Å². The number of carboxylic acid groups (broad SMARTS) is 1. The zero-order valence-corrected chi connectivity index (χ0v) is 7.40. The largest absolute Gasteiger partial charge is 0.465 e. The van der Waals surface area contributed by atoms with Crippen LogP contribution in [0, 0.1) is 11.8 Å². The molecule has 1 atom stereocenters. The van der Waals surface area contributed by atoms with E-state index in [-0.39, 0.29) is 17.9 Å². The lowest BCUT2D eigenvalue weighted by molar-refractivity contribution is -0.0178. The molecule has 4 nitrogen and oxygen atoms in total. The molecule has 1 rings (SSSR count). The van der Waals surface area contributed by atoms with Crippen molar-refractivity contribution in [2.75, 3.05) is 13.1 Å². The van der Waals surface area contributed by atoms with E-state index in [1.807, 2.05) is 13.8 Å². The van der Waals surface area contributed by atoms with Crippen LogP contribution in [-0.2, 0) is 0 Å². The highest BCUT2D eigenvalue weighted by Gasteiger charge is 2.36. The van der Waals surface area contributed by atoms with Gasteiger partial charge in [-0.15, -0.1) is 0 Å². The Morgan fingerprint density at radius 3 is 2.33 bits per heavy atom. The number of nitrogens with zero attached hydrogens (tertiary/aromatic N) is 1. The van der Waals surface area contributed by atoms with E-state index < -0.39 is 6.09 Å². The quantitative estimate of drug-likeness (QED) is 0.643. The van der Waals surface area contributed by atoms with Crippen molar-refractivity contribution >= 4 is 6.09 Å². The number of aliphatic hydroxyl groups is 1. The van der Waals surface area contributed by atoms with E-state index in [9.17, 15) is 9.90 Å². The van der Waals surface area contributed by atoms with E-state index in [2.05, 4.69) is 0 Å². The van der Waals surface area contributed by atoms with Crippen molar-refractivity contribution < 1.29 is 15.0 Å². The van der Waals surface area contributed by atoms with Crippen molar-refractivity contribution in [3.8, 4) is 0 Å². The second kappa shape index (κ2) is 3.31. The molecule has 1 aliphatic rings. The van der Waals surface area contributed by atoms with Gasteiger partial charge < -0.3 is 15.1 Å². The maximum Gasteiger partial charge on any atom is 0.407 e. The summed E-state index contributed by atoms with van der Waals surface area (Å²) in [4.78, 5) is 11.7. The zero-order valence-electron chi connectivity index (χ0n) is 7.40. The van der Waals surface area contributed by atoms with Gasteiger partial charge in [0.2, 0.25) is 0 Å². The Labute approximate surface area is 71.8 Å². The Morgan fingerprint density at radius 2 is 2.00 bits per heavy atom. The number of rotatable bonds is 2. The summed E-state index contributed by atoms with van der Waals surface area (Å²) in [7, 11) is 0. The smallest absolute Gasteiger partial charge is 0.407 e. The minimum atomic E-state index is -0.887. The first-order chi connectivity index (χ1) is 5.52. The van der Waals surface area contributed by atoms with Crippen LogP contribution in [-0.4, -0.2) is 40.4 Å². The highest BCUT2D eigenvalue weighted by molar-refractivity contribution is 5.66. The first-order valence-electron chi connectivity index (χ1n) is 4.18. The average Bonchev–Trinajstić information content (AvgIpc) is 1.82. The highest BCUT2D eigenvalue weighted by Crippen LogP contribution is 2.23. The van der Waals surface area contributed by atoms with Crippen molar-refractivity contribution in [1.29, 1.82) is 0 Å². The first-order valence-corrected chi connectivity index (χ1v) is 4.18. The summed E-state index contributed by atoms with van der Waals surface area (Å²) in [6.45, 7) is 4.84. The molecule has 2 N–H and O–H groups in total. The third-order valence-corrected chi connectivity index (χ3v) is 2.35. The van der Waals surface area contributed by atoms with Crippen molar-refractivity contribution in [1.82, 2.24) is 4.90 Å². The second-order valence-electron chi connectivity index (χ2n) is 3.68. The van der Waals surface area contributed by atoms with Gasteiger partial charge in [0.15, 0.2) is 0 Å². The normalized spacial score (nSPS) is 20.8. The van der Waals surface area contributed by atoms with Crippen LogP contribution in [0.2, 0.25) is 0 Å². The van der Waals surface area contributed by atoms with E-state index in [4.69, 9.17) is 5.11 Å². The standard InChI is InChI=1S/C8H15NO3/c1-5(2)7(10)6-3-9(4-6)8(11)12/h5-7,10H,3-4H2,1-2H3,(H,11,12). The van der Waals surface area contributed by atoms with Gasteiger partial charge in [-0.25, -0.2) is 4.79 Å². The van der Waals surface area contributed by atoms with Gasteiger partial charge in [0.1, 0.15) is 0 Å². The highest BCUT2D eigenvalue weighted by atomic mass is 16.4. The van der Waals surface area contributed by atoms with Crippen LogP contribution in [0.25, 0.3) is 0 Å². The molecule has 1 heterocycles. The maximum absolute atomic E-state index is 10.4. The molecule has 0 aliphatic carbocycles. The lowest BCUT2D eigenvalue weighted by atomic mass is 9.87. The molecule has 1 aliphatic heterocycles. The van der Waals surface area contributed by atoms with Crippen LogP contribution in [0.15, 0.2) is 0 Å². The van der Waals surface area contributed by atoms with Crippen LogP contribution in [0.3, 0.4) is 0 Å². The van der Waals surface area contributed by atoms with Gasteiger partial charge >= 0.3 is 6.09 Å². The van der Waals surface area contributed by atoms with Gasteiger partial charge in [-0.3, -0.25) is 0 Å². The molecular formula is C8H15NO3. The molecule has 0 spiro atoms. The molecule has 0 aromatic rings. The Balaban J connectivity index is 2.29. The third-order valence-electron chi connectivity index (χ3n) is 2.35. The van der Waals surface area contributed by atoms with Crippen LogP contribution in [0.5, 0.6) is 0 Å². The molecule has 4 heteroatoms. The van der Waals surface area contributed by atoms with Crippen LogP contribution in [0.4, 0.5) is 4.79 Å². The number of carbonyl (C=O) groups is 1. The summed E-state index contributed by atoms with van der Waals surface area (Å²) < 4.78 is 0. The van der Waals surface area contributed by atoms with Crippen LogP contribution >= 0.6 is 0 Å². The topological polar surface area (TPSA) is 60.8 Å². The lowest BCUT2D eigenvalue weighted by Gasteiger charge is -2.40. The molecule has 0 aromatic carbocycles. The van der Waals surface area contributed by atoms with Gasteiger partial charge in [-0.05, 0) is 5.92 Å². The van der Waals surface area contributed by atoms with Crippen molar-refractivity contribution in [3.63, 3.8) is 0 Å². The summed E-state index contributed by atoms with van der Waals surface area (Å²) in [5, 5.41) is 18.0. The van der Waals surface area contributed by atoms with Gasteiger partial charge in [-0.1, -0.05) is 13.8 Å². The summed E-state index contributed by atoms with van der Waals surface area (Å²) in [6.07, 6.45) is -1.25. The maximum atomic E-state index is 10.4. The number of aliphatic hydroxyl groups excluding tert-OH is 1. The minimum Gasteiger partial charge on any atom is -0.465 e. The first kappa shape index (κ1) is 9.32. The summed E-state index contributed by atoms with van der Waals surface area (Å²) in [6, 6.07) is 0. The van der Waals surface area contributed by atoms with Crippen molar-refractivity contribution in [2.45, 2.75) is 20.0 Å². The zero-order chi connectivity index (χ0) is 9.30. The lowest BCUT2D eigenvalue weighted by Crippen LogP contribution is -2.54. The molecule has 0 aromatic heterocycles. The second-order valence-corrected chi connectivity index (χ2v) is 3.68. The Kier molecular flexibility index (Phi) is 2.57. The summed E-state index contributed by atoms with van der Waals surface area (Å²) in [5.74, 6) is 0.354. The summed E-state index contributed by atoms with van der Waals surface area (Å²) >= 11 is 0. The summed E-state index contributed by atoms with van der Waals surface area (Å²) in [5.41, 5.74) is 0. The van der Waals surface area contributed by atoms with Gasteiger partial charge in [0.25, 0.3) is 0 Å². The fraction of sp³-hybridized carbons (Fsp3) is 0.875. The molecule has 12 heavy (non-hydrogen) atoms.